The van der Waals surface area contributed by atoms with Gasteiger partial charge in [0, 0.05) is 14.0 Å². The summed E-state index contributed by atoms with van der Waals surface area (Å²) in [4.78, 5) is 0.156. The lowest BCUT2D eigenvalue weighted by Gasteiger charge is -2.11. The van der Waals surface area contributed by atoms with Gasteiger partial charge >= 0.3 is 0 Å². The van der Waals surface area contributed by atoms with Gasteiger partial charge in [-0.1, -0.05) is 33.6 Å². The second-order valence-corrected chi connectivity index (χ2v) is 7.97. The van der Waals surface area contributed by atoms with E-state index >= 15 is 0 Å². The van der Waals surface area contributed by atoms with Crippen molar-refractivity contribution in [1.82, 2.24) is 0 Å². The van der Waals surface area contributed by atoms with Crippen LogP contribution in [-0.4, -0.2) is 8.42 Å². The van der Waals surface area contributed by atoms with Crippen LogP contribution < -0.4 is 4.72 Å². The van der Waals surface area contributed by atoms with Gasteiger partial charge in [-0.05, 0) is 58.7 Å². The Balaban J connectivity index is 2.40. The Morgan fingerprint density at radius 3 is 2.45 bits per heavy atom. The molecule has 0 bridgehead atoms. The second-order valence-electron chi connectivity index (χ2n) is 4.14. The molecule has 2 aromatic carbocycles. The highest BCUT2D eigenvalue weighted by atomic mass is 79.9. The molecule has 7 heteroatoms. The van der Waals surface area contributed by atoms with E-state index in [4.69, 9.17) is 11.6 Å². The fourth-order valence-corrected chi connectivity index (χ4v) is 4.28. The third-order valence-corrected chi connectivity index (χ3v) is 5.88. The van der Waals surface area contributed by atoms with Crippen molar-refractivity contribution in [3.63, 3.8) is 0 Å². The number of halogens is 3. The fourth-order valence-electron chi connectivity index (χ4n) is 1.55. The van der Waals surface area contributed by atoms with Crippen molar-refractivity contribution in [2.24, 2.45) is 0 Å². The molecule has 0 aliphatic carbocycles. The highest BCUT2D eigenvalue weighted by molar-refractivity contribution is 9.11. The normalized spacial score (nSPS) is 11.4. The van der Waals surface area contributed by atoms with E-state index in [2.05, 4.69) is 36.6 Å². The summed E-state index contributed by atoms with van der Waals surface area (Å²) in [7, 11) is -3.68. The highest BCUT2D eigenvalue weighted by Gasteiger charge is 2.18. The third kappa shape index (κ3) is 3.55. The standard InChI is InChI=1S/C13H10Br2ClNO2S/c1-8-2-4-10(7-12(8)16)17-20(18,19)13-6-9(14)3-5-11(13)15/h2-7,17H,1H3. The van der Waals surface area contributed by atoms with Gasteiger partial charge < -0.3 is 0 Å². The van der Waals surface area contributed by atoms with Crippen LogP contribution in [0.25, 0.3) is 0 Å². The molecular weight excluding hydrogens is 429 g/mol. The molecule has 0 aliphatic heterocycles. The molecule has 0 fully saturated rings. The fraction of sp³-hybridized carbons (Fsp3) is 0.0769. The summed E-state index contributed by atoms with van der Waals surface area (Å²) >= 11 is 12.5. The number of sulfonamides is 1. The summed E-state index contributed by atoms with van der Waals surface area (Å²) in [5, 5.41) is 0.513. The number of benzene rings is 2. The molecular formula is C13H10Br2ClNO2S. The van der Waals surface area contributed by atoms with Crippen LogP contribution in [-0.2, 0) is 10.0 Å². The Morgan fingerprint density at radius 1 is 1.10 bits per heavy atom. The maximum atomic E-state index is 12.4. The molecule has 2 rings (SSSR count). The topological polar surface area (TPSA) is 46.2 Å². The van der Waals surface area contributed by atoms with Crippen molar-refractivity contribution in [3.8, 4) is 0 Å². The molecule has 106 valence electrons. The zero-order chi connectivity index (χ0) is 14.9. The van der Waals surface area contributed by atoms with Gasteiger partial charge in [0.2, 0.25) is 0 Å². The van der Waals surface area contributed by atoms with Crippen molar-refractivity contribution in [1.29, 1.82) is 0 Å². The number of aryl methyl sites for hydroxylation is 1. The average Bonchev–Trinajstić information content (AvgIpc) is 2.36. The van der Waals surface area contributed by atoms with Crippen molar-refractivity contribution in [3.05, 3.63) is 55.9 Å². The summed E-state index contributed by atoms with van der Waals surface area (Å²) in [6, 6.07) is 9.97. The minimum absolute atomic E-state index is 0.156. The van der Waals surface area contributed by atoms with Crippen molar-refractivity contribution < 1.29 is 8.42 Å². The summed E-state index contributed by atoms with van der Waals surface area (Å²) in [5.41, 5.74) is 1.31. The Bertz CT molecular complexity index is 763. The molecule has 3 nitrogen and oxygen atoms in total. The van der Waals surface area contributed by atoms with Gasteiger partial charge in [0.1, 0.15) is 4.90 Å². The molecule has 20 heavy (non-hydrogen) atoms. The summed E-state index contributed by atoms with van der Waals surface area (Å²) < 4.78 is 28.4. The molecule has 0 saturated carbocycles. The van der Waals surface area contributed by atoms with Crippen LogP contribution in [0.2, 0.25) is 5.02 Å². The Hall–Kier alpha value is -0.560. The Kier molecular flexibility index (Phi) is 4.79. The Labute approximate surface area is 139 Å². The van der Waals surface area contributed by atoms with E-state index in [-0.39, 0.29) is 4.90 Å². The van der Waals surface area contributed by atoms with E-state index in [0.29, 0.717) is 19.7 Å². The Morgan fingerprint density at radius 2 is 1.80 bits per heavy atom. The van der Waals surface area contributed by atoms with Gasteiger partial charge in [0.25, 0.3) is 10.0 Å². The maximum Gasteiger partial charge on any atom is 0.263 e. The smallest absolute Gasteiger partial charge is 0.263 e. The number of hydrogen-bond acceptors (Lipinski definition) is 2. The summed E-state index contributed by atoms with van der Waals surface area (Å²) in [6.45, 7) is 1.85. The van der Waals surface area contributed by atoms with Crippen LogP contribution in [0, 0.1) is 6.92 Å². The largest absolute Gasteiger partial charge is 0.280 e. The number of nitrogens with one attached hydrogen (secondary N) is 1. The summed E-state index contributed by atoms with van der Waals surface area (Å²) in [6.07, 6.45) is 0. The zero-order valence-corrected chi connectivity index (χ0v) is 15.1. The van der Waals surface area contributed by atoms with Gasteiger partial charge in [-0.2, -0.15) is 0 Å². The van der Waals surface area contributed by atoms with Crippen molar-refractivity contribution >= 4 is 59.2 Å². The van der Waals surface area contributed by atoms with E-state index in [1.54, 1.807) is 30.3 Å². The molecule has 0 heterocycles. The van der Waals surface area contributed by atoms with Gasteiger partial charge in [-0.25, -0.2) is 8.42 Å². The van der Waals surface area contributed by atoms with Crippen LogP contribution in [0.3, 0.4) is 0 Å². The van der Waals surface area contributed by atoms with Crippen LogP contribution in [0.1, 0.15) is 5.56 Å². The molecule has 1 N–H and O–H groups in total. The first-order valence-electron chi connectivity index (χ1n) is 5.53. The van der Waals surface area contributed by atoms with Crippen LogP contribution >= 0.6 is 43.5 Å². The molecule has 0 aliphatic rings. The SMILES string of the molecule is Cc1ccc(NS(=O)(=O)c2cc(Br)ccc2Br)cc1Cl. The number of rotatable bonds is 3. The molecule has 0 unspecified atom stereocenters. The van der Waals surface area contributed by atoms with E-state index in [0.717, 1.165) is 5.56 Å². The number of anilines is 1. The predicted molar refractivity (Wildman–Crippen MR) is 88.8 cm³/mol. The molecule has 0 radical (unpaired) electrons. The second kappa shape index (κ2) is 6.05. The highest BCUT2D eigenvalue weighted by Crippen LogP contribution is 2.28. The van der Waals surface area contributed by atoms with Gasteiger partial charge in [0.15, 0.2) is 0 Å². The molecule has 0 aromatic heterocycles. The third-order valence-electron chi connectivity index (χ3n) is 2.61. The maximum absolute atomic E-state index is 12.4. The zero-order valence-electron chi connectivity index (χ0n) is 10.3. The monoisotopic (exact) mass is 437 g/mol. The van der Waals surface area contributed by atoms with E-state index in [1.165, 1.54) is 6.07 Å². The first-order chi connectivity index (χ1) is 9.29. The van der Waals surface area contributed by atoms with Crippen LogP contribution in [0.4, 0.5) is 5.69 Å². The minimum Gasteiger partial charge on any atom is -0.280 e. The van der Waals surface area contributed by atoms with Gasteiger partial charge in [-0.3, -0.25) is 4.72 Å². The van der Waals surface area contributed by atoms with E-state index in [1.807, 2.05) is 6.92 Å². The van der Waals surface area contributed by atoms with Gasteiger partial charge in [-0.15, -0.1) is 0 Å². The molecule has 0 saturated heterocycles. The molecule has 2 aromatic rings. The minimum atomic E-state index is -3.68. The first kappa shape index (κ1) is 15.8. The average molecular weight is 440 g/mol. The first-order valence-corrected chi connectivity index (χ1v) is 8.98. The van der Waals surface area contributed by atoms with Crippen LogP contribution in [0.15, 0.2) is 50.2 Å². The lowest BCUT2D eigenvalue weighted by molar-refractivity contribution is 0.600. The molecule has 0 spiro atoms. The van der Waals surface area contributed by atoms with E-state index < -0.39 is 10.0 Å². The number of hydrogen-bond donors (Lipinski definition) is 1. The van der Waals surface area contributed by atoms with Crippen molar-refractivity contribution in [2.45, 2.75) is 11.8 Å². The lowest BCUT2D eigenvalue weighted by Crippen LogP contribution is -2.13. The van der Waals surface area contributed by atoms with E-state index in [9.17, 15) is 8.42 Å². The van der Waals surface area contributed by atoms with Crippen LogP contribution in [0.5, 0.6) is 0 Å². The molecule has 0 amide bonds. The predicted octanol–water partition coefficient (Wildman–Crippen LogP) is 4.97. The lowest BCUT2D eigenvalue weighted by atomic mass is 10.2. The summed E-state index contributed by atoms with van der Waals surface area (Å²) in [5.74, 6) is 0. The quantitative estimate of drug-likeness (QED) is 0.734. The van der Waals surface area contributed by atoms with Gasteiger partial charge in [0.05, 0.1) is 5.69 Å². The van der Waals surface area contributed by atoms with Crippen molar-refractivity contribution in [2.75, 3.05) is 4.72 Å². The molecule has 0 atom stereocenters.